The molecular formula is C17H11BrN2S. The highest BCUT2D eigenvalue weighted by Gasteiger charge is 2.11. The number of benzene rings is 2. The van der Waals surface area contributed by atoms with Crippen LogP contribution >= 0.6 is 27.7 Å². The van der Waals surface area contributed by atoms with E-state index in [0.29, 0.717) is 5.56 Å². The topological polar surface area (TPSA) is 39.6 Å². The molecule has 102 valence electrons. The van der Waals surface area contributed by atoms with E-state index < -0.39 is 0 Å². The first-order valence-corrected chi connectivity index (χ1v) is 8.00. The van der Waals surface area contributed by atoms with Crippen LogP contribution in [-0.4, -0.2) is 4.98 Å². The molecule has 0 saturated heterocycles. The van der Waals surface area contributed by atoms with E-state index in [1.165, 1.54) is 0 Å². The van der Waals surface area contributed by atoms with Crippen molar-refractivity contribution in [1.29, 1.82) is 5.26 Å². The Balaban J connectivity index is 1.98. The average molecular weight is 355 g/mol. The Morgan fingerprint density at radius 3 is 2.43 bits per heavy atom. The zero-order valence-corrected chi connectivity index (χ0v) is 13.4. The van der Waals surface area contributed by atoms with E-state index in [2.05, 4.69) is 27.0 Å². The Hall–Kier alpha value is -1.96. The first-order chi connectivity index (χ1) is 10.3. The van der Waals surface area contributed by atoms with Crippen molar-refractivity contribution < 1.29 is 0 Å². The third kappa shape index (κ3) is 3.05. The number of nitriles is 1. The van der Waals surface area contributed by atoms with Gasteiger partial charge < -0.3 is 4.98 Å². The second-order valence-corrected chi connectivity index (χ2v) is 6.34. The Morgan fingerprint density at radius 1 is 1.00 bits per heavy atom. The molecule has 0 saturated carbocycles. The van der Waals surface area contributed by atoms with Gasteiger partial charge in [0.25, 0.3) is 0 Å². The molecule has 0 aliphatic rings. The van der Waals surface area contributed by atoms with Crippen molar-refractivity contribution in [3.05, 3.63) is 70.7 Å². The second kappa shape index (κ2) is 6.21. The maximum atomic E-state index is 9.33. The molecule has 0 atom stereocenters. The molecule has 0 unspecified atom stereocenters. The second-order valence-electron chi connectivity index (χ2n) is 4.44. The minimum absolute atomic E-state index is 0.662. The quantitative estimate of drug-likeness (QED) is 0.677. The van der Waals surface area contributed by atoms with Crippen molar-refractivity contribution in [2.75, 3.05) is 0 Å². The minimum Gasteiger partial charge on any atom is -0.348 e. The van der Waals surface area contributed by atoms with Gasteiger partial charge in [-0.25, -0.2) is 0 Å². The van der Waals surface area contributed by atoms with Gasteiger partial charge in [0.2, 0.25) is 0 Å². The molecule has 3 aromatic rings. The van der Waals surface area contributed by atoms with Crippen LogP contribution < -0.4 is 0 Å². The van der Waals surface area contributed by atoms with Crippen LogP contribution in [0.15, 0.2) is 75.1 Å². The minimum atomic E-state index is 0.662. The van der Waals surface area contributed by atoms with Crippen LogP contribution in [-0.2, 0) is 0 Å². The number of hydrogen-bond donors (Lipinski definition) is 1. The molecule has 0 aliphatic heterocycles. The van der Waals surface area contributed by atoms with E-state index in [1.807, 2.05) is 60.7 Å². The summed E-state index contributed by atoms with van der Waals surface area (Å²) in [6, 6.07) is 22.2. The molecule has 21 heavy (non-hydrogen) atoms. The number of rotatable bonds is 3. The van der Waals surface area contributed by atoms with Crippen LogP contribution in [0.1, 0.15) is 5.56 Å². The lowest BCUT2D eigenvalue weighted by Crippen LogP contribution is -1.79. The molecule has 1 aromatic heterocycles. The molecule has 3 rings (SSSR count). The Labute approximate surface area is 136 Å². The van der Waals surface area contributed by atoms with Gasteiger partial charge in [-0.05, 0) is 39.7 Å². The molecular weight excluding hydrogens is 344 g/mol. The predicted octanol–water partition coefficient (Wildman–Crippen LogP) is 5.47. The van der Waals surface area contributed by atoms with Gasteiger partial charge in [-0.2, -0.15) is 5.26 Å². The maximum Gasteiger partial charge on any atom is 0.102 e. The summed E-state index contributed by atoms with van der Waals surface area (Å²) in [4.78, 5) is 4.42. The summed E-state index contributed by atoms with van der Waals surface area (Å²) in [7, 11) is 0. The van der Waals surface area contributed by atoms with Gasteiger partial charge in [0.1, 0.15) is 6.07 Å². The number of nitrogens with zero attached hydrogens (tertiary/aromatic N) is 1. The van der Waals surface area contributed by atoms with Gasteiger partial charge >= 0.3 is 0 Å². The summed E-state index contributed by atoms with van der Waals surface area (Å²) in [6.45, 7) is 0. The van der Waals surface area contributed by atoms with Crippen LogP contribution in [0.5, 0.6) is 0 Å². The summed E-state index contributed by atoms with van der Waals surface area (Å²) in [6.07, 6.45) is 0. The van der Waals surface area contributed by atoms with Crippen molar-refractivity contribution in [2.24, 2.45) is 0 Å². The van der Waals surface area contributed by atoms with E-state index in [4.69, 9.17) is 0 Å². The van der Waals surface area contributed by atoms with Gasteiger partial charge in [0.15, 0.2) is 0 Å². The lowest BCUT2D eigenvalue weighted by atomic mass is 10.1. The zero-order chi connectivity index (χ0) is 14.7. The molecule has 0 bridgehead atoms. The van der Waals surface area contributed by atoms with Crippen LogP contribution in [0, 0.1) is 11.3 Å². The molecule has 1 heterocycles. The standard InChI is InChI=1S/C17H11BrN2S/c18-14-8-4-5-9-16(14)21-17-13(11-19)10-15(20-17)12-6-2-1-3-7-12/h1-10,20H. The lowest BCUT2D eigenvalue weighted by Gasteiger charge is -2.02. The molecule has 1 N–H and O–H groups in total. The molecule has 0 fully saturated rings. The molecule has 0 amide bonds. The Kier molecular flexibility index (Phi) is 4.14. The fourth-order valence-electron chi connectivity index (χ4n) is 2.01. The summed E-state index contributed by atoms with van der Waals surface area (Å²) >= 11 is 5.09. The van der Waals surface area contributed by atoms with Gasteiger partial charge in [-0.3, -0.25) is 0 Å². The fraction of sp³-hybridized carbons (Fsp3) is 0. The van der Waals surface area contributed by atoms with Crippen molar-refractivity contribution >= 4 is 27.7 Å². The first kappa shape index (κ1) is 14.0. The number of halogens is 1. The smallest absolute Gasteiger partial charge is 0.102 e. The van der Waals surface area contributed by atoms with Crippen molar-refractivity contribution in [2.45, 2.75) is 9.92 Å². The van der Waals surface area contributed by atoms with Gasteiger partial charge in [-0.15, -0.1) is 0 Å². The van der Waals surface area contributed by atoms with Crippen LogP contribution in [0.25, 0.3) is 11.3 Å². The lowest BCUT2D eigenvalue weighted by molar-refractivity contribution is 1.18. The van der Waals surface area contributed by atoms with Gasteiger partial charge in [0, 0.05) is 15.1 Å². The van der Waals surface area contributed by atoms with Crippen LogP contribution in [0.3, 0.4) is 0 Å². The summed E-state index contributed by atoms with van der Waals surface area (Å²) < 4.78 is 1.02. The molecule has 0 spiro atoms. The largest absolute Gasteiger partial charge is 0.348 e. The number of nitrogens with one attached hydrogen (secondary N) is 1. The highest BCUT2D eigenvalue weighted by molar-refractivity contribution is 9.10. The highest BCUT2D eigenvalue weighted by atomic mass is 79.9. The van der Waals surface area contributed by atoms with Gasteiger partial charge in [-0.1, -0.05) is 54.2 Å². The number of hydrogen-bond acceptors (Lipinski definition) is 2. The van der Waals surface area contributed by atoms with Crippen molar-refractivity contribution in [3.63, 3.8) is 0 Å². The number of H-pyrrole nitrogens is 1. The first-order valence-electron chi connectivity index (χ1n) is 6.39. The molecule has 0 radical (unpaired) electrons. The average Bonchev–Trinajstić information content (AvgIpc) is 2.93. The van der Waals surface area contributed by atoms with E-state index in [9.17, 15) is 5.26 Å². The van der Waals surface area contributed by atoms with Crippen LogP contribution in [0.4, 0.5) is 0 Å². The van der Waals surface area contributed by atoms with Gasteiger partial charge in [0.05, 0.1) is 10.6 Å². The third-order valence-corrected chi connectivity index (χ3v) is 5.09. The summed E-state index contributed by atoms with van der Waals surface area (Å²) in [5.41, 5.74) is 2.70. The molecule has 4 heteroatoms. The van der Waals surface area contributed by atoms with Crippen LogP contribution in [0.2, 0.25) is 0 Å². The van der Waals surface area contributed by atoms with E-state index >= 15 is 0 Å². The van der Waals surface area contributed by atoms with Crippen molar-refractivity contribution in [1.82, 2.24) is 4.98 Å². The van der Waals surface area contributed by atoms with E-state index in [0.717, 1.165) is 25.7 Å². The number of aromatic amines is 1. The molecule has 0 aliphatic carbocycles. The monoisotopic (exact) mass is 354 g/mol. The highest BCUT2D eigenvalue weighted by Crippen LogP contribution is 2.36. The summed E-state index contributed by atoms with van der Waals surface area (Å²) in [5.74, 6) is 0. The SMILES string of the molecule is N#Cc1cc(-c2ccccc2)[nH]c1Sc1ccccc1Br. The fourth-order valence-corrected chi connectivity index (χ4v) is 3.44. The molecule has 2 nitrogen and oxygen atoms in total. The Morgan fingerprint density at radius 2 is 1.71 bits per heavy atom. The van der Waals surface area contributed by atoms with E-state index in [1.54, 1.807) is 11.8 Å². The van der Waals surface area contributed by atoms with Crippen molar-refractivity contribution in [3.8, 4) is 17.3 Å². The summed E-state index contributed by atoms with van der Waals surface area (Å²) in [5, 5.41) is 10.2. The van der Waals surface area contributed by atoms with E-state index in [-0.39, 0.29) is 0 Å². The predicted molar refractivity (Wildman–Crippen MR) is 89.2 cm³/mol. The third-order valence-electron chi connectivity index (χ3n) is 3.04. The normalized spacial score (nSPS) is 10.3. The maximum absolute atomic E-state index is 9.33. The number of aromatic nitrogens is 1. The Bertz CT molecular complexity index is 803. The molecule has 2 aromatic carbocycles. The zero-order valence-electron chi connectivity index (χ0n) is 11.0.